The van der Waals surface area contributed by atoms with Crippen molar-refractivity contribution in [1.29, 1.82) is 0 Å². The van der Waals surface area contributed by atoms with Crippen LogP contribution in [-0.4, -0.2) is 33.4 Å². The van der Waals surface area contributed by atoms with E-state index >= 15 is 0 Å². The second kappa shape index (κ2) is 3.38. The summed E-state index contributed by atoms with van der Waals surface area (Å²) < 4.78 is 28.1. The number of carboxylic acid groups (broad SMARTS) is 1. The number of benzene rings is 1. The molecule has 5 nitrogen and oxygen atoms in total. The zero-order valence-corrected chi connectivity index (χ0v) is 8.29. The van der Waals surface area contributed by atoms with E-state index in [-0.39, 0.29) is 9.91 Å². The van der Waals surface area contributed by atoms with Crippen LogP contribution in [0, 0.1) is 0 Å². The second-order valence-corrected chi connectivity index (χ2v) is 5.76. The van der Waals surface area contributed by atoms with Gasteiger partial charge in [-0.1, -0.05) is 0 Å². The average molecular weight is 246 g/mol. The van der Waals surface area contributed by atoms with Gasteiger partial charge in [0, 0.05) is 0 Å². The van der Waals surface area contributed by atoms with Gasteiger partial charge in [0.2, 0.25) is 0 Å². The molecule has 1 aromatic carbocycles. The van der Waals surface area contributed by atoms with Crippen LogP contribution < -0.4 is 4.35 Å². The summed E-state index contributed by atoms with van der Waals surface area (Å²) in [7, 11) is 0. The predicted octanol–water partition coefficient (Wildman–Crippen LogP) is -1.05. The van der Waals surface area contributed by atoms with Crippen LogP contribution in [0.25, 0.3) is 0 Å². The zero-order valence-electron chi connectivity index (χ0n) is 6.41. The maximum absolute atomic E-state index is 10.7. The zero-order chi connectivity index (χ0) is 10.1. The molecule has 0 heterocycles. The molecule has 0 aliphatic rings. The standard InChI is InChI=1S/C7H7AsO5/c9-7(10)5-1-3-6(4-2-5)8(11,12)13/h1-4H,(H,9,10)(H2,11,12,13). The van der Waals surface area contributed by atoms with Crippen LogP contribution in [0.15, 0.2) is 24.3 Å². The normalized spacial score (nSPS) is 11.2. The molecule has 1 rings (SSSR count). The van der Waals surface area contributed by atoms with Crippen LogP contribution >= 0.6 is 0 Å². The molecular formula is C7H7AsO5. The third-order valence-corrected chi connectivity index (χ3v) is 3.49. The molecule has 0 saturated carbocycles. The van der Waals surface area contributed by atoms with Gasteiger partial charge in [-0.3, -0.25) is 0 Å². The summed E-state index contributed by atoms with van der Waals surface area (Å²) in [5, 5.41) is 8.49. The summed E-state index contributed by atoms with van der Waals surface area (Å²) in [5.74, 6) is -1.12. The Balaban J connectivity index is 3.08. The Bertz CT molecular complexity index is 363. The van der Waals surface area contributed by atoms with Crippen LogP contribution in [0.5, 0.6) is 0 Å². The molecule has 0 aliphatic heterocycles. The van der Waals surface area contributed by atoms with Gasteiger partial charge in [-0.25, -0.2) is 0 Å². The van der Waals surface area contributed by atoms with Crippen molar-refractivity contribution >= 4 is 24.5 Å². The van der Waals surface area contributed by atoms with Gasteiger partial charge in [-0.05, 0) is 0 Å². The fourth-order valence-electron chi connectivity index (χ4n) is 0.798. The Hall–Kier alpha value is -1.03. The van der Waals surface area contributed by atoms with Crippen molar-refractivity contribution in [1.82, 2.24) is 0 Å². The molecule has 1 aromatic rings. The first-order chi connectivity index (χ1) is 5.91. The number of carboxylic acids is 1. The number of rotatable bonds is 2. The first-order valence-corrected chi connectivity index (χ1v) is 6.69. The number of hydrogen-bond acceptors (Lipinski definition) is 2. The Morgan fingerprint density at radius 1 is 1.15 bits per heavy atom. The molecule has 0 aromatic heterocycles. The van der Waals surface area contributed by atoms with E-state index in [4.69, 9.17) is 13.3 Å². The van der Waals surface area contributed by atoms with Crippen LogP contribution in [-0.2, 0) is 3.74 Å². The van der Waals surface area contributed by atoms with E-state index in [1.165, 1.54) is 0 Å². The second-order valence-electron chi connectivity index (χ2n) is 2.40. The van der Waals surface area contributed by atoms with Crippen molar-refractivity contribution < 1.29 is 21.8 Å². The van der Waals surface area contributed by atoms with Gasteiger partial charge in [-0.2, -0.15) is 0 Å². The third kappa shape index (κ3) is 2.45. The van der Waals surface area contributed by atoms with Gasteiger partial charge in [0.1, 0.15) is 0 Å². The summed E-state index contributed by atoms with van der Waals surface area (Å²) in [6.45, 7) is 0. The third-order valence-electron chi connectivity index (χ3n) is 1.45. The minimum absolute atomic E-state index is 0.00713. The molecule has 70 valence electrons. The molecule has 0 saturated heterocycles. The van der Waals surface area contributed by atoms with E-state index in [9.17, 15) is 8.53 Å². The van der Waals surface area contributed by atoms with E-state index in [1.807, 2.05) is 0 Å². The molecule has 6 heteroatoms. The van der Waals surface area contributed by atoms with Crippen LogP contribution in [0.4, 0.5) is 0 Å². The maximum atomic E-state index is 10.7. The summed E-state index contributed by atoms with van der Waals surface area (Å²) in [4.78, 5) is 10.4. The van der Waals surface area contributed by atoms with Gasteiger partial charge in [0.15, 0.2) is 0 Å². The van der Waals surface area contributed by atoms with E-state index in [1.54, 1.807) is 0 Å². The summed E-state index contributed by atoms with van der Waals surface area (Å²) in [6.07, 6.45) is 0. The molecule has 0 unspecified atom stereocenters. The van der Waals surface area contributed by atoms with E-state index in [2.05, 4.69) is 0 Å². The average Bonchev–Trinajstić information content (AvgIpc) is 2.03. The predicted molar refractivity (Wildman–Crippen MR) is 43.9 cm³/mol. The fourth-order valence-corrected chi connectivity index (χ4v) is 1.93. The molecule has 0 amide bonds. The SMILES string of the molecule is O=C(O)c1ccc([As](=O)(O)O)cc1. The molecule has 0 bridgehead atoms. The molecule has 0 radical (unpaired) electrons. The molecule has 0 fully saturated rings. The summed E-state index contributed by atoms with van der Waals surface area (Å²) in [6, 6.07) is 4.59. The Labute approximate surface area is 76.6 Å². The first-order valence-electron chi connectivity index (χ1n) is 3.31. The van der Waals surface area contributed by atoms with Gasteiger partial charge < -0.3 is 0 Å². The first kappa shape index (κ1) is 10.1. The number of aromatic carboxylic acids is 1. The van der Waals surface area contributed by atoms with Gasteiger partial charge in [0.25, 0.3) is 0 Å². The molecule has 13 heavy (non-hydrogen) atoms. The van der Waals surface area contributed by atoms with Crippen molar-refractivity contribution in [3.63, 3.8) is 0 Å². The monoisotopic (exact) mass is 246 g/mol. The minimum atomic E-state index is -4.86. The van der Waals surface area contributed by atoms with Crippen molar-refractivity contribution in [3.05, 3.63) is 29.8 Å². The van der Waals surface area contributed by atoms with Crippen LogP contribution in [0.2, 0.25) is 0 Å². The van der Waals surface area contributed by atoms with Crippen molar-refractivity contribution in [2.24, 2.45) is 0 Å². The molecule has 3 N–H and O–H groups in total. The quantitative estimate of drug-likeness (QED) is 0.578. The van der Waals surface area contributed by atoms with Crippen molar-refractivity contribution in [2.75, 3.05) is 0 Å². The van der Waals surface area contributed by atoms with E-state index in [0.717, 1.165) is 24.3 Å². The summed E-state index contributed by atoms with van der Waals surface area (Å²) >= 11 is -4.86. The van der Waals surface area contributed by atoms with Crippen LogP contribution in [0.1, 0.15) is 10.4 Å². The molecule has 0 atom stereocenters. The van der Waals surface area contributed by atoms with Gasteiger partial charge in [-0.15, -0.1) is 0 Å². The van der Waals surface area contributed by atoms with Crippen molar-refractivity contribution in [2.45, 2.75) is 0 Å². The summed E-state index contributed by atoms with van der Waals surface area (Å²) in [5.41, 5.74) is 0.00713. The van der Waals surface area contributed by atoms with E-state index < -0.39 is 20.1 Å². The number of hydrogen-bond donors (Lipinski definition) is 3. The Morgan fingerprint density at radius 3 is 1.92 bits per heavy atom. The molecular weight excluding hydrogens is 239 g/mol. The van der Waals surface area contributed by atoms with E-state index in [0.29, 0.717) is 0 Å². The van der Waals surface area contributed by atoms with Crippen molar-refractivity contribution in [3.8, 4) is 0 Å². The topological polar surface area (TPSA) is 94.8 Å². The van der Waals surface area contributed by atoms with Gasteiger partial charge >= 0.3 is 76.2 Å². The molecule has 0 spiro atoms. The number of carbonyl (C=O) groups is 1. The molecule has 0 aliphatic carbocycles. The fraction of sp³-hybridized carbons (Fsp3) is 0. The Kier molecular flexibility index (Phi) is 2.61. The van der Waals surface area contributed by atoms with Gasteiger partial charge in [0.05, 0.1) is 0 Å². The Morgan fingerprint density at radius 2 is 1.62 bits per heavy atom. The van der Waals surface area contributed by atoms with Crippen LogP contribution in [0.3, 0.4) is 0 Å².